The molecule has 1 amide bonds. The lowest BCUT2D eigenvalue weighted by atomic mass is 10.2. The van der Waals surface area contributed by atoms with E-state index in [9.17, 15) is 4.79 Å². The Kier molecular flexibility index (Phi) is 4.81. The minimum absolute atomic E-state index is 0.281. The highest BCUT2D eigenvalue weighted by Crippen LogP contribution is 2.30. The number of nitrogens with zero attached hydrogens (tertiary/aromatic N) is 1. The topological polar surface area (TPSA) is 55.1 Å². The minimum Gasteiger partial charge on any atom is -0.465 e. The summed E-state index contributed by atoms with van der Waals surface area (Å²) in [6.45, 7) is 0. The van der Waals surface area contributed by atoms with Crippen molar-refractivity contribution in [1.82, 2.24) is 4.98 Å². The van der Waals surface area contributed by atoms with Crippen LogP contribution in [0.15, 0.2) is 52.5 Å². The van der Waals surface area contributed by atoms with Crippen LogP contribution in [0.2, 0.25) is 10.0 Å². The van der Waals surface area contributed by atoms with Crippen molar-refractivity contribution >= 4 is 51.7 Å². The molecule has 0 fully saturated rings. The second-order valence-corrected chi connectivity index (χ2v) is 6.18. The molecule has 1 N–H and O–H groups in total. The highest BCUT2D eigenvalue weighted by Gasteiger charge is 2.08. The number of carbonyl (C=O) groups excluding carboxylic acids is 1. The Balaban J connectivity index is 1.69. The molecule has 0 saturated heterocycles. The number of aromatic nitrogens is 1. The van der Waals surface area contributed by atoms with E-state index >= 15 is 0 Å². The third-order valence-corrected chi connectivity index (χ3v) is 4.39. The molecule has 2 heterocycles. The zero-order valence-electron chi connectivity index (χ0n) is 11.6. The number of hydrogen-bond acceptors (Lipinski definition) is 4. The van der Waals surface area contributed by atoms with Crippen LogP contribution >= 0.6 is 34.5 Å². The summed E-state index contributed by atoms with van der Waals surface area (Å²) < 4.78 is 5.11. The fourth-order valence-electron chi connectivity index (χ4n) is 1.81. The molecule has 23 heavy (non-hydrogen) atoms. The van der Waals surface area contributed by atoms with E-state index in [-0.39, 0.29) is 5.91 Å². The number of hydrogen-bond donors (Lipinski definition) is 1. The first-order valence-corrected chi connectivity index (χ1v) is 8.19. The van der Waals surface area contributed by atoms with E-state index in [0.717, 1.165) is 11.3 Å². The van der Waals surface area contributed by atoms with Crippen molar-refractivity contribution in [2.75, 3.05) is 5.32 Å². The Morgan fingerprint density at radius 1 is 1.26 bits per heavy atom. The Morgan fingerprint density at radius 3 is 2.87 bits per heavy atom. The number of furan rings is 1. The third-order valence-electron chi connectivity index (χ3n) is 2.89. The van der Waals surface area contributed by atoms with Crippen molar-refractivity contribution in [2.45, 2.75) is 0 Å². The molecule has 1 aromatic carbocycles. The SMILES string of the molecule is O=C(C=Cc1ccco1)Nc1nc(-c2ccc(Cl)c(Cl)c2)cs1. The van der Waals surface area contributed by atoms with Crippen LogP contribution in [0.3, 0.4) is 0 Å². The van der Waals surface area contributed by atoms with E-state index in [1.54, 1.807) is 36.6 Å². The molecule has 0 saturated carbocycles. The van der Waals surface area contributed by atoms with Gasteiger partial charge in [0.1, 0.15) is 5.76 Å². The van der Waals surface area contributed by atoms with Gasteiger partial charge in [-0.15, -0.1) is 11.3 Å². The first kappa shape index (κ1) is 15.8. The summed E-state index contributed by atoms with van der Waals surface area (Å²) in [5.41, 5.74) is 1.56. The molecule has 0 unspecified atom stereocenters. The summed E-state index contributed by atoms with van der Waals surface area (Å²) in [7, 11) is 0. The van der Waals surface area contributed by atoms with Gasteiger partial charge >= 0.3 is 0 Å². The van der Waals surface area contributed by atoms with Crippen LogP contribution < -0.4 is 5.32 Å². The molecular weight excluding hydrogens is 355 g/mol. The van der Waals surface area contributed by atoms with Crippen molar-refractivity contribution in [2.24, 2.45) is 0 Å². The average molecular weight is 365 g/mol. The highest BCUT2D eigenvalue weighted by molar-refractivity contribution is 7.14. The fourth-order valence-corrected chi connectivity index (χ4v) is 2.83. The van der Waals surface area contributed by atoms with Gasteiger partial charge < -0.3 is 4.42 Å². The second-order valence-electron chi connectivity index (χ2n) is 4.50. The molecule has 0 atom stereocenters. The third kappa shape index (κ3) is 4.01. The van der Waals surface area contributed by atoms with Gasteiger partial charge in [0.25, 0.3) is 0 Å². The largest absolute Gasteiger partial charge is 0.465 e. The normalized spacial score (nSPS) is 11.0. The standard InChI is InChI=1S/C16H10Cl2N2O2S/c17-12-5-3-10(8-13(12)18)14-9-23-16(19-14)20-15(21)6-4-11-2-1-7-22-11/h1-9H,(H,19,20,21). The predicted molar refractivity (Wildman–Crippen MR) is 93.9 cm³/mol. The van der Waals surface area contributed by atoms with E-state index < -0.39 is 0 Å². The van der Waals surface area contributed by atoms with E-state index in [0.29, 0.717) is 20.9 Å². The maximum Gasteiger partial charge on any atom is 0.250 e. The van der Waals surface area contributed by atoms with Gasteiger partial charge in [0, 0.05) is 17.0 Å². The molecule has 0 radical (unpaired) electrons. The van der Waals surface area contributed by atoms with Gasteiger partial charge in [0.2, 0.25) is 5.91 Å². The highest BCUT2D eigenvalue weighted by atomic mass is 35.5. The molecule has 3 aromatic rings. The van der Waals surface area contributed by atoms with Gasteiger partial charge in [-0.1, -0.05) is 29.3 Å². The Bertz CT molecular complexity index is 857. The van der Waals surface area contributed by atoms with Crippen molar-refractivity contribution in [1.29, 1.82) is 0 Å². The lowest BCUT2D eigenvalue weighted by Crippen LogP contribution is -2.07. The number of thiazole rings is 1. The molecule has 0 aliphatic rings. The molecule has 0 aliphatic heterocycles. The average Bonchev–Trinajstić information content (AvgIpc) is 3.19. The van der Waals surface area contributed by atoms with Crippen LogP contribution in [0, 0.1) is 0 Å². The lowest BCUT2D eigenvalue weighted by Gasteiger charge is -1.99. The van der Waals surface area contributed by atoms with Crippen LogP contribution in [-0.2, 0) is 4.79 Å². The Labute approximate surface area is 146 Å². The van der Waals surface area contributed by atoms with Crippen molar-refractivity contribution < 1.29 is 9.21 Å². The number of amides is 1. The lowest BCUT2D eigenvalue weighted by molar-refractivity contribution is -0.111. The first-order valence-electron chi connectivity index (χ1n) is 6.55. The van der Waals surface area contributed by atoms with Gasteiger partial charge in [0.15, 0.2) is 5.13 Å². The van der Waals surface area contributed by atoms with Crippen molar-refractivity contribution in [3.05, 3.63) is 63.9 Å². The van der Waals surface area contributed by atoms with E-state index in [1.165, 1.54) is 17.4 Å². The van der Waals surface area contributed by atoms with Gasteiger partial charge in [-0.05, 0) is 30.3 Å². The molecule has 4 nitrogen and oxygen atoms in total. The van der Waals surface area contributed by atoms with E-state index in [4.69, 9.17) is 27.6 Å². The fraction of sp³-hybridized carbons (Fsp3) is 0. The number of rotatable bonds is 4. The molecule has 0 spiro atoms. The number of halogens is 2. The predicted octanol–water partition coefficient (Wildman–Crippen LogP) is 5.36. The van der Waals surface area contributed by atoms with Crippen molar-refractivity contribution in [3.63, 3.8) is 0 Å². The van der Waals surface area contributed by atoms with E-state index in [1.807, 2.05) is 11.4 Å². The quantitative estimate of drug-likeness (QED) is 0.633. The molecule has 116 valence electrons. The Morgan fingerprint density at radius 2 is 2.13 bits per heavy atom. The number of anilines is 1. The minimum atomic E-state index is -0.281. The van der Waals surface area contributed by atoms with Crippen LogP contribution in [0.1, 0.15) is 5.76 Å². The number of benzene rings is 1. The zero-order valence-corrected chi connectivity index (χ0v) is 14.0. The summed E-state index contributed by atoms with van der Waals surface area (Å²) in [5.74, 6) is 0.326. The summed E-state index contributed by atoms with van der Waals surface area (Å²) in [6, 6.07) is 8.79. The van der Waals surface area contributed by atoms with Gasteiger partial charge in [-0.2, -0.15) is 0 Å². The molecule has 7 heteroatoms. The van der Waals surface area contributed by atoms with Crippen LogP contribution in [0.5, 0.6) is 0 Å². The molecule has 0 bridgehead atoms. The van der Waals surface area contributed by atoms with Gasteiger partial charge in [0.05, 0.1) is 22.0 Å². The van der Waals surface area contributed by atoms with Crippen LogP contribution in [0.4, 0.5) is 5.13 Å². The van der Waals surface area contributed by atoms with Gasteiger partial charge in [-0.3, -0.25) is 10.1 Å². The number of carbonyl (C=O) groups is 1. The molecule has 2 aromatic heterocycles. The summed E-state index contributed by atoms with van der Waals surface area (Å²) in [6.07, 6.45) is 4.52. The summed E-state index contributed by atoms with van der Waals surface area (Å²) >= 11 is 13.2. The molecule has 3 rings (SSSR count). The Hall–Kier alpha value is -2.08. The number of nitrogens with one attached hydrogen (secondary N) is 1. The summed E-state index contributed by atoms with van der Waals surface area (Å²) in [5, 5.41) is 5.99. The molecule has 0 aliphatic carbocycles. The van der Waals surface area contributed by atoms with Crippen molar-refractivity contribution in [3.8, 4) is 11.3 Å². The first-order chi connectivity index (χ1) is 11.1. The second kappa shape index (κ2) is 7.00. The summed E-state index contributed by atoms with van der Waals surface area (Å²) in [4.78, 5) is 16.2. The smallest absolute Gasteiger partial charge is 0.250 e. The maximum absolute atomic E-state index is 11.8. The maximum atomic E-state index is 11.8. The zero-order chi connectivity index (χ0) is 16.2. The van der Waals surface area contributed by atoms with Gasteiger partial charge in [-0.25, -0.2) is 4.98 Å². The van der Waals surface area contributed by atoms with E-state index in [2.05, 4.69) is 10.3 Å². The van der Waals surface area contributed by atoms with Crippen LogP contribution in [0.25, 0.3) is 17.3 Å². The van der Waals surface area contributed by atoms with Crippen LogP contribution in [-0.4, -0.2) is 10.9 Å². The monoisotopic (exact) mass is 364 g/mol. The molecular formula is C16H10Cl2N2O2S.